The van der Waals surface area contributed by atoms with Crippen molar-refractivity contribution in [3.8, 4) is 28.6 Å². The van der Waals surface area contributed by atoms with Crippen LogP contribution >= 0.6 is 34.3 Å². The second-order valence-corrected chi connectivity index (χ2v) is 24.0. The molecule has 0 aliphatic rings. The van der Waals surface area contributed by atoms with Gasteiger partial charge in [0.05, 0.1) is 62.9 Å². The number of hydrogen-bond acceptors (Lipinski definition) is 17. The van der Waals surface area contributed by atoms with Gasteiger partial charge in [-0.1, -0.05) is 115 Å². The lowest BCUT2D eigenvalue weighted by molar-refractivity contribution is -0.148. The van der Waals surface area contributed by atoms with Crippen LogP contribution in [0.1, 0.15) is 125 Å². The predicted molar refractivity (Wildman–Crippen MR) is 359 cm³/mol. The SMILES string of the molecule is C=Nc1ccc(-c2csc([C@H](C)C(Cn3cncn3)(OCOC(=O)c3cccc(CC(CC)CC)c3)c3ccc(F)cc3F)n2)cc1.CCNCC.C[C@@H](c1nc(-c2ccc(C#N)cc2)cs1)C(Cn1cncn1)(OCOC(=O)c1cccc(CCl)c1)c1ccc(F)cc1F. The summed E-state index contributed by atoms with van der Waals surface area (Å²) < 4.78 is 86.5. The van der Waals surface area contributed by atoms with E-state index in [2.05, 4.69) is 71.0 Å². The smallest absolute Gasteiger partial charge is 0.340 e. The summed E-state index contributed by atoms with van der Waals surface area (Å²) in [6, 6.07) is 37.1. The quantitative estimate of drug-likeness (QED) is 0.0159. The molecule has 4 atom stereocenters. The number of rotatable bonds is 28. The van der Waals surface area contributed by atoms with Gasteiger partial charge in [-0.15, -0.1) is 34.3 Å². The van der Waals surface area contributed by atoms with Crippen LogP contribution in [0.25, 0.3) is 22.5 Å². The molecule has 10 rings (SSSR count). The molecule has 0 saturated carbocycles. The van der Waals surface area contributed by atoms with Crippen LogP contribution in [0, 0.1) is 40.5 Å². The maximum Gasteiger partial charge on any atom is 0.340 e. The monoisotopic (exact) mass is 1350 g/mol. The zero-order chi connectivity index (χ0) is 67.9. The molecule has 0 fully saturated rings. The van der Waals surface area contributed by atoms with Crippen molar-refractivity contribution in [2.75, 3.05) is 26.7 Å². The van der Waals surface area contributed by atoms with Crippen molar-refractivity contribution in [2.24, 2.45) is 10.9 Å². The van der Waals surface area contributed by atoms with Crippen LogP contribution in [0.2, 0.25) is 0 Å². The number of alkyl halides is 1. The summed E-state index contributed by atoms with van der Waals surface area (Å²) in [6.07, 6.45) is 8.56. The molecule has 4 aromatic heterocycles. The first-order chi connectivity index (χ1) is 46.0. The minimum absolute atomic E-state index is 0.0206. The Balaban J connectivity index is 0.000000228. The largest absolute Gasteiger partial charge is 0.435 e. The number of nitrogens with zero attached hydrogens (tertiary/aromatic N) is 10. The number of nitrogens with one attached hydrogen (secondary N) is 1. The number of ether oxygens (including phenoxy) is 4. The minimum atomic E-state index is -1.58. The van der Waals surface area contributed by atoms with Gasteiger partial charge < -0.3 is 24.3 Å². The summed E-state index contributed by atoms with van der Waals surface area (Å²) in [5, 5.41) is 25.6. The van der Waals surface area contributed by atoms with Crippen molar-refractivity contribution in [3.05, 3.63) is 242 Å². The van der Waals surface area contributed by atoms with Crippen LogP contribution < -0.4 is 5.32 Å². The van der Waals surface area contributed by atoms with E-state index in [1.54, 1.807) is 61.5 Å². The first kappa shape index (κ1) is 71.7. The van der Waals surface area contributed by atoms with Gasteiger partial charge in [-0.2, -0.15) is 15.5 Å². The average molecular weight is 1350 g/mol. The number of carbonyl (C=O) groups excluding carboxylic acids is 2. The van der Waals surface area contributed by atoms with Gasteiger partial charge in [0.2, 0.25) is 0 Å². The summed E-state index contributed by atoms with van der Waals surface area (Å²) >= 11 is 8.61. The highest BCUT2D eigenvalue weighted by molar-refractivity contribution is 7.10. The van der Waals surface area contributed by atoms with Crippen LogP contribution in [0.5, 0.6) is 0 Å². The number of thiazole rings is 2. The van der Waals surface area contributed by atoms with Crippen molar-refractivity contribution in [2.45, 2.75) is 103 Å². The number of esters is 2. The van der Waals surface area contributed by atoms with E-state index in [1.165, 1.54) is 75.5 Å². The molecule has 17 nitrogen and oxygen atoms in total. The van der Waals surface area contributed by atoms with Crippen LogP contribution in [-0.2, 0) is 55.5 Å². The molecular weight excluding hydrogens is 1280 g/mol. The van der Waals surface area contributed by atoms with Gasteiger partial charge in [0.15, 0.2) is 13.6 Å². The third-order valence-electron chi connectivity index (χ3n) is 16.0. The molecular formula is C71H72ClF4N11O6S2. The van der Waals surface area contributed by atoms with Crippen molar-refractivity contribution in [1.29, 1.82) is 5.26 Å². The summed E-state index contributed by atoms with van der Waals surface area (Å²) in [5.74, 6) is -4.94. The summed E-state index contributed by atoms with van der Waals surface area (Å²) in [4.78, 5) is 47.8. The first-order valence-corrected chi connectivity index (χ1v) is 32.9. The lowest BCUT2D eigenvalue weighted by Crippen LogP contribution is -2.42. The Morgan fingerprint density at radius 3 is 1.52 bits per heavy atom. The molecule has 24 heteroatoms. The van der Waals surface area contributed by atoms with Crippen molar-refractivity contribution >= 4 is 58.6 Å². The molecule has 0 spiro atoms. The zero-order valence-electron chi connectivity index (χ0n) is 53.3. The van der Waals surface area contributed by atoms with Gasteiger partial charge >= 0.3 is 11.9 Å². The molecule has 1 N–H and O–H groups in total. The number of carbonyl (C=O) groups is 2. The van der Waals surface area contributed by atoms with Crippen molar-refractivity contribution in [1.82, 2.24) is 44.8 Å². The number of aliphatic imine (C=N–C) groups is 1. The summed E-state index contributed by atoms with van der Waals surface area (Å²) in [5.41, 5.74) is 3.67. The number of nitriles is 1. The van der Waals surface area contributed by atoms with Crippen LogP contribution in [0.3, 0.4) is 0 Å². The Kier molecular flexibility index (Phi) is 26.3. The molecule has 95 heavy (non-hydrogen) atoms. The van der Waals surface area contributed by atoms with E-state index in [4.69, 9.17) is 45.8 Å². The molecule has 0 aliphatic carbocycles. The maximum absolute atomic E-state index is 15.7. The van der Waals surface area contributed by atoms with Gasteiger partial charge in [0.25, 0.3) is 0 Å². The molecule has 494 valence electrons. The van der Waals surface area contributed by atoms with E-state index < -0.39 is 71.8 Å². The topological polar surface area (TPSA) is 206 Å². The van der Waals surface area contributed by atoms with E-state index in [1.807, 2.05) is 60.1 Å². The van der Waals surface area contributed by atoms with E-state index in [-0.39, 0.29) is 35.7 Å². The molecule has 0 bridgehead atoms. The summed E-state index contributed by atoms with van der Waals surface area (Å²) in [6.45, 7) is 16.7. The number of halogens is 5. The molecule has 0 amide bonds. The van der Waals surface area contributed by atoms with Gasteiger partial charge in [0, 0.05) is 62.9 Å². The van der Waals surface area contributed by atoms with Crippen molar-refractivity contribution < 1.29 is 46.1 Å². The highest BCUT2D eigenvalue weighted by Crippen LogP contribution is 2.47. The average Bonchev–Trinajstić information content (AvgIpc) is 1.73. The highest BCUT2D eigenvalue weighted by atomic mass is 35.5. The van der Waals surface area contributed by atoms with E-state index in [0.717, 1.165) is 78.5 Å². The number of hydrogen-bond donors (Lipinski definition) is 1. The lowest BCUT2D eigenvalue weighted by Gasteiger charge is -2.38. The maximum atomic E-state index is 15.7. The molecule has 4 heterocycles. The van der Waals surface area contributed by atoms with E-state index in [0.29, 0.717) is 38.4 Å². The predicted octanol–water partition coefficient (Wildman–Crippen LogP) is 16.0. The van der Waals surface area contributed by atoms with Gasteiger partial charge in [-0.05, 0) is 104 Å². The fourth-order valence-electron chi connectivity index (χ4n) is 10.6. The minimum Gasteiger partial charge on any atom is -0.435 e. The van der Waals surface area contributed by atoms with Crippen LogP contribution in [-0.4, -0.2) is 84.8 Å². The van der Waals surface area contributed by atoms with Crippen LogP contribution in [0.15, 0.2) is 175 Å². The lowest BCUT2D eigenvalue weighted by atomic mass is 9.81. The third-order valence-corrected chi connectivity index (χ3v) is 18.4. The standard InChI is InChI=1S/C36H37F2N5O3S.C31H24ClF2N5O3S.C4H11N/c1-5-25(6-2)16-26-8-7-9-28(17-26)35(44)45-23-46-36(20-43-22-40-21-41-43,31-15-12-29(37)18-32(31)38)24(3)34-42-33(19-47-34)27-10-13-30(39-4)14-11-27;1-20(29-38-28(15-43-29)23-7-5-21(14-35)6-8-23)31(16-39-18-36-17-37-39,26-10-9-25(33)12-27(26)34)42-19-41-30(40)24-4-2-3-22(11-24)13-32;1-3-5-4-2/h7-15,17-19,21-22,24-25H,4-6,16,20,23H2,1-3H3;2-12,15,17-18,20H,13,16,19H2,1H3;5H,3-4H2,1-2H3/t24-,36?;20-,31?;/m00./s1. The van der Waals surface area contributed by atoms with Gasteiger partial charge in [0.1, 0.15) is 59.8 Å². The Morgan fingerprint density at radius 1 is 0.653 bits per heavy atom. The number of benzene rings is 6. The highest BCUT2D eigenvalue weighted by Gasteiger charge is 2.47. The fourth-order valence-corrected chi connectivity index (χ4v) is 12.7. The Morgan fingerprint density at radius 2 is 1.12 bits per heavy atom. The van der Waals surface area contributed by atoms with Crippen molar-refractivity contribution in [3.63, 3.8) is 0 Å². The van der Waals surface area contributed by atoms with Gasteiger partial charge in [-0.25, -0.2) is 56.5 Å². The Bertz CT molecular complexity index is 4130. The third kappa shape index (κ3) is 18.6. The second kappa shape index (κ2) is 34.8. The normalized spacial score (nSPS) is 13.0. The van der Waals surface area contributed by atoms with Gasteiger partial charge in [-0.3, -0.25) is 4.99 Å². The Hall–Kier alpha value is -9.15. The first-order valence-electron chi connectivity index (χ1n) is 30.6. The number of aromatic nitrogens is 8. The van der Waals surface area contributed by atoms with E-state index >= 15 is 8.78 Å². The molecule has 6 aromatic carbocycles. The molecule has 2 unspecified atom stereocenters. The molecule has 0 aliphatic heterocycles. The zero-order valence-corrected chi connectivity index (χ0v) is 55.7. The van der Waals surface area contributed by atoms with Crippen LogP contribution in [0.4, 0.5) is 23.2 Å². The molecule has 0 saturated heterocycles. The second-order valence-electron chi connectivity index (χ2n) is 22.0. The Labute approximate surface area is 562 Å². The summed E-state index contributed by atoms with van der Waals surface area (Å²) in [7, 11) is 0. The molecule has 0 radical (unpaired) electrons. The van der Waals surface area contributed by atoms with E-state index in [9.17, 15) is 18.4 Å². The fraction of sp³-hybridized carbons (Fsp3) is 0.296. The molecule has 10 aromatic rings.